The van der Waals surface area contributed by atoms with Crippen molar-refractivity contribution in [3.05, 3.63) is 0 Å². The number of carbonyl (C=O) groups excluding carboxylic acids is 2. The van der Waals surface area contributed by atoms with Gasteiger partial charge in [0.05, 0.1) is 6.61 Å². The largest absolute Gasteiger partial charge is 0.466 e. The average molecular weight is 455 g/mol. The maximum absolute atomic E-state index is 12.0. The van der Waals surface area contributed by atoms with Crippen LogP contribution in [-0.2, 0) is 19.1 Å². The smallest absolute Gasteiger partial charge is 0.306 e. The van der Waals surface area contributed by atoms with Gasteiger partial charge in [-0.25, -0.2) is 0 Å². The summed E-state index contributed by atoms with van der Waals surface area (Å²) in [5.74, 6) is -0.157. The van der Waals surface area contributed by atoms with Crippen molar-refractivity contribution in [3.8, 4) is 0 Å². The minimum Gasteiger partial charge on any atom is -0.466 e. The number of hydrogen-bond acceptors (Lipinski definition) is 4. The molecule has 0 amide bonds. The molecule has 0 N–H and O–H groups in total. The number of hydrogen-bond donors (Lipinski definition) is 0. The summed E-state index contributed by atoms with van der Waals surface area (Å²) in [4.78, 5) is 22.6. The fourth-order valence-corrected chi connectivity index (χ4v) is 4.10. The summed E-state index contributed by atoms with van der Waals surface area (Å²) in [5.41, 5.74) is 0. The molecule has 0 aliphatic heterocycles. The van der Waals surface area contributed by atoms with Crippen molar-refractivity contribution in [2.24, 2.45) is 0 Å². The van der Waals surface area contributed by atoms with Crippen LogP contribution in [0.3, 0.4) is 0 Å². The third kappa shape index (κ3) is 23.6. The van der Waals surface area contributed by atoms with E-state index in [0.717, 1.165) is 32.1 Å². The Morgan fingerprint density at radius 2 is 1.09 bits per heavy atom. The third-order valence-electron chi connectivity index (χ3n) is 6.21. The lowest BCUT2D eigenvalue weighted by molar-refractivity contribution is -0.149. The van der Waals surface area contributed by atoms with Gasteiger partial charge in [0.1, 0.15) is 6.10 Å². The molecule has 0 bridgehead atoms. The second kappa shape index (κ2) is 24.6. The van der Waals surface area contributed by atoms with E-state index in [1.807, 2.05) is 0 Å². The highest BCUT2D eigenvalue weighted by Crippen LogP contribution is 2.15. The molecule has 32 heavy (non-hydrogen) atoms. The van der Waals surface area contributed by atoms with Crippen LogP contribution >= 0.6 is 0 Å². The van der Waals surface area contributed by atoms with Crippen molar-refractivity contribution in [1.82, 2.24) is 0 Å². The van der Waals surface area contributed by atoms with E-state index in [4.69, 9.17) is 9.47 Å². The zero-order valence-electron chi connectivity index (χ0n) is 21.8. The Labute approximate surface area is 199 Å². The fraction of sp³-hybridized carbons (Fsp3) is 0.929. The van der Waals surface area contributed by atoms with Crippen LogP contribution in [0, 0.1) is 0 Å². The number of rotatable bonds is 24. The highest BCUT2D eigenvalue weighted by atomic mass is 16.5. The molecule has 0 saturated carbocycles. The van der Waals surface area contributed by atoms with E-state index in [2.05, 4.69) is 13.8 Å². The van der Waals surface area contributed by atoms with Gasteiger partial charge in [-0.05, 0) is 32.1 Å². The number of unbranched alkanes of at least 4 members (excludes halogenated alkanes) is 16. The molecular weight excluding hydrogens is 400 g/mol. The van der Waals surface area contributed by atoms with Crippen LogP contribution in [0.25, 0.3) is 0 Å². The molecule has 0 heterocycles. The summed E-state index contributed by atoms with van der Waals surface area (Å²) in [6.45, 7) is 6.37. The molecule has 190 valence electrons. The summed E-state index contributed by atoms with van der Waals surface area (Å²) in [7, 11) is 0. The number of ether oxygens (including phenoxy) is 2. The minimum absolute atomic E-state index is 0.00958. The second-order valence-corrected chi connectivity index (χ2v) is 9.41. The van der Waals surface area contributed by atoms with Gasteiger partial charge in [-0.15, -0.1) is 0 Å². The highest BCUT2D eigenvalue weighted by Gasteiger charge is 2.11. The zero-order valence-corrected chi connectivity index (χ0v) is 21.8. The molecule has 4 heteroatoms. The summed E-state index contributed by atoms with van der Waals surface area (Å²) in [6.07, 6.45) is 25.2. The van der Waals surface area contributed by atoms with Gasteiger partial charge < -0.3 is 9.47 Å². The van der Waals surface area contributed by atoms with E-state index < -0.39 is 0 Å². The summed E-state index contributed by atoms with van der Waals surface area (Å²) < 4.78 is 10.6. The first-order valence-electron chi connectivity index (χ1n) is 13.9. The topological polar surface area (TPSA) is 52.6 Å². The minimum atomic E-state index is -0.166. The molecule has 0 saturated heterocycles. The Kier molecular flexibility index (Phi) is 23.8. The fourth-order valence-electron chi connectivity index (χ4n) is 4.10. The molecule has 4 nitrogen and oxygen atoms in total. The Morgan fingerprint density at radius 3 is 1.53 bits per heavy atom. The van der Waals surface area contributed by atoms with Gasteiger partial charge in [0.25, 0.3) is 0 Å². The van der Waals surface area contributed by atoms with E-state index in [1.54, 1.807) is 0 Å². The van der Waals surface area contributed by atoms with Crippen molar-refractivity contribution in [3.63, 3.8) is 0 Å². The van der Waals surface area contributed by atoms with Gasteiger partial charge in [0.2, 0.25) is 0 Å². The molecule has 0 aromatic carbocycles. The molecule has 0 aliphatic carbocycles. The monoisotopic (exact) mass is 454 g/mol. The van der Waals surface area contributed by atoms with Crippen LogP contribution in [0.5, 0.6) is 0 Å². The van der Waals surface area contributed by atoms with Crippen LogP contribution in [0.2, 0.25) is 0 Å². The molecule has 0 radical (unpaired) electrons. The van der Waals surface area contributed by atoms with Gasteiger partial charge in [-0.2, -0.15) is 0 Å². The molecular formula is C28H54O4. The lowest BCUT2D eigenvalue weighted by Crippen LogP contribution is -2.17. The number of esters is 2. The molecule has 0 aliphatic rings. The predicted molar refractivity (Wildman–Crippen MR) is 135 cm³/mol. The van der Waals surface area contributed by atoms with Crippen LogP contribution in [0.15, 0.2) is 0 Å². The van der Waals surface area contributed by atoms with E-state index in [9.17, 15) is 9.59 Å². The molecule has 0 rings (SSSR count). The normalized spacial score (nSPS) is 12.0. The van der Waals surface area contributed by atoms with Gasteiger partial charge in [0, 0.05) is 13.3 Å². The zero-order chi connectivity index (χ0) is 23.7. The maximum atomic E-state index is 12.0. The first-order chi connectivity index (χ1) is 15.6. The second-order valence-electron chi connectivity index (χ2n) is 9.41. The van der Waals surface area contributed by atoms with Gasteiger partial charge >= 0.3 is 11.9 Å². The standard InChI is InChI=1S/C28H54O4/c1-4-6-20-23-27(5-2)32-28(30)24-21-18-16-14-12-10-8-7-9-11-13-15-17-19-22-25-31-26(3)29/h27H,4-25H2,1-3H3. The summed E-state index contributed by atoms with van der Waals surface area (Å²) >= 11 is 0. The van der Waals surface area contributed by atoms with E-state index in [-0.39, 0.29) is 18.0 Å². The Hall–Kier alpha value is -1.06. The molecule has 0 aromatic rings. The Bertz CT molecular complexity index is 422. The van der Waals surface area contributed by atoms with Crippen molar-refractivity contribution >= 4 is 11.9 Å². The van der Waals surface area contributed by atoms with Crippen LogP contribution in [0.4, 0.5) is 0 Å². The summed E-state index contributed by atoms with van der Waals surface area (Å²) in [6, 6.07) is 0. The lowest BCUT2D eigenvalue weighted by atomic mass is 10.0. The molecule has 1 unspecified atom stereocenters. The SMILES string of the molecule is CCCCCC(CC)OC(=O)CCCCCCCCCCCCCCCCCOC(C)=O. The van der Waals surface area contributed by atoms with Crippen LogP contribution in [-0.4, -0.2) is 24.6 Å². The van der Waals surface area contributed by atoms with E-state index in [0.29, 0.717) is 13.0 Å². The Balaban J connectivity index is 3.27. The Morgan fingerprint density at radius 1 is 0.625 bits per heavy atom. The quantitative estimate of drug-likeness (QED) is 0.108. The highest BCUT2D eigenvalue weighted by molar-refractivity contribution is 5.69. The van der Waals surface area contributed by atoms with Gasteiger partial charge in [-0.1, -0.05) is 110 Å². The first kappa shape index (κ1) is 30.9. The van der Waals surface area contributed by atoms with Crippen LogP contribution < -0.4 is 0 Å². The van der Waals surface area contributed by atoms with Crippen molar-refractivity contribution in [2.45, 2.75) is 162 Å². The molecule has 1 atom stereocenters. The van der Waals surface area contributed by atoms with Crippen LogP contribution in [0.1, 0.15) is 156 Å². The average Bonchev–Trinajstić information content (AvgIpc) is 2.77. The molecule has 0 aromatic heterocycles. The lowest BCUT2D eigenvalue weighted by Gasteiger charge is -2.16. The van der Waals surface area contributed by atoms with Crippen molar-refractivity contribution in [1.29, 1.82) is 0 Å². The van der Waals surface area contributed by atoms with E-state index >= 15 is 0 Å². The first-order valence-corrected chi connectivity index (χ1v) is 13.9. The maximum Gasteiger partial charge on any atom is 0.306 e. The molecule has 0 spiro atoms. The van der Waals surface area contributed by atoms with Crippen molar-refractivity contribution < 1.29 is 19.1 Å². The number of carbonyl (C=O) groups is 2. The van der Waals surface area contributed by atoms with E-state index in [1.165, 1.54) is 103 Å². The predicted octanol–water partition coefficient (Wildman–Crippen LogP) is 8.69. The van der Waals surface area contributed by atoms with Gasteiger partial charge in [0.15, 0.2) is 0 Å². The molecule has 0 fully saturated rings. The third-order valence-corrected chi connectivity index (χ3v) is 6.21. The summed E-state index contributed by atoms with van der Waals surface area (Å²) in [5, 5.41) is 0. The van der Waals surface area contributed by atoms with Gasteiger partial charge in [-0.3, -0.25) is 9.59 Å². The van der Waals surface area contributed by atoms with Crippen molar-refractivity contribution in [2.75, 3.05) is 6.61 Å².